The number of nitrogens with two attached hydrogens (primary N) is 1. The van der Waals surface area contributed by atoms with Gasteiger partial charge in [0, 0.05) is 25.6 Å². The van der Waals surface area contributed by atoms with Gasteiger partial charge in [0.2, 0.25) is 5.91 Å². The maximum atomic E-state index is 11.0. The number of nitriles is 1. The molecule has 5 nitrogen and oxygen atoms in total. The summed E-state index contributed by atoms with van der Waals surface area (Å²) >= 11 is 0. The molecule has 0 aromatic heterocycles. The van der Waals surface area contributed by atoms with Gasteiger partial charge in [0.15, 0.2) is 0 Å². The van der Waals surface area contributed by atoms with E-state index in [9.17, 15) is 10.1 Å². The van der Waals surface area contributed by atoms with Gasteiger partial charge in [0.1, 0.15) is 11.8 Å². The van der Waals surface area contributed by atoms with Crippen LogP contribution in [-0.4, -0.2) is 26.1 Å². The summed E-state index contributed by atoms with van der Waals surface area (Å²) in [5.74, 6) is 0.876. The fourth-order valence-electron chi connectivity index (χ4n) is 2.66. The number of carbonyl (C=O) groups excluding carboxylic acids is 1. The highest BCUT2D eigenvalue weighted by Crippen LogP contribution is 2.30. The highest BCUT2D eigenvalue weighted by molar-refractivity contribution is 5.74. The number of primary amides is 1. The van der Waals surface area contributed by atoms with Gasteiger partial charge in [-0.3, -0.25) is 4.79 Å². The summed E-state index contributed by atoms with van der Waals surface area (Å²) in [5, 5.41) is 9.20. The summed E-state index contributed by atoms with van der Waals surface area (Å²) in [6, 6.07) is 7.69. The van der Waals surface area contributed by atoms with E-state index in [2.05, 4.69) is 11.0 Å². The molecule has 20 heavy (non-hydrogen) atoms. The monoisotopic (exact) mass is 273 g/mol. The lowest BCUT2D eigenvalue weighted by Gasteiger charge is -2.33. The summed E-state index contributed by atoms with van der Waals surface area (Å²) in [6.07, 6.45) is 2.30. The fourth-order valence-corrected chi connectivity index (χ4v) is 2.66. The Labute approximate surface area is 118 Å². The van der Waals surface area contributed by atoms with E-state index in [1.807, 2.05) is 6.07 Å². The van der Waals surface area contributed by atoms with Crippen molar-refractivity contribution in [2.45, 2.75) is 19.3 Å². The lowest BCUT2D eigenvalue weighted by molar-refractivity contribution is -0.119. The Bertz CT molecular complexity index is 528. The number of anilines is 1. The van der Waals surface area contributed by atoms with Crippen LogP contribution in [0.1, 0.15) is 24.8 Å². The van der Waals surface area contributed by atoms with Gasteiger partial charge in [0.25, 0.3) is 0 Å². The van der Waals surface area contributed by atoms with Crippen molar-refractivity contribution >= 4 is 11.6 Å². The molecule has 106 valence electrons. The van der Waals surface area contributed by atoms with Gasteiger partial charge in [0.05, 0.1) is 18.4 Å². The third-order valence-electron chi connectivity index (χ3n) is 3.77. The number of amides is 1. The number of piperidine rings is 1. The maximum Gasteiger partial charge on any atom is 0.217 e. The molecule has 0 bridgehead atoms. The second-order valence-electron chi connectivity index (χ2n) is 5.10. The predicted molar refractivity (Wildman–Crippen MR) is 76.5 cm³/mol. The molecule has 1 heterocycles. The van der Waals surface area contributed by atoms with Gasteiger partial charge in [-0.2, -0.15) is 5.26 Å². The number of hydrogen-bond acceptors (Lipinski definition) is 4. The van der Waals surface area contributed by atoms with Crippen LogP contribution in [0.15, 0.2) is 18.2 Å². The van der Waals surface area contributed by atoms with E-state index in [4.69, 9.17) is 10.5 Å². The van der Waals surface area contributed by atoms with Crippen molar-refractivity contribution in [3.63, 3.8) is 0 Å². The number of hydrogen-bond donors (Lipinski definition) is 1. The second kappa shape index (κ2) is 6.29. The molecule has 1 fully saturated rings. The molecule has 1 aliphatic rings. The smallest absolute Gasteiger partial charge is 0.217 e. The topological polar surface area (TPSA) is 79.3 Å². The Balaban J connectivity index is 2.10. The minimum atomic E-state index is -0.234. The number of carbonyl (C=O) groups is 1. The standard InChI is InChI=1S/C15H19N3O2/c1-20-13-3-2-12(10-16)14(9-13)18-6-4-11(5-7-18)8-15(17)19/h2-3,9,11H,4-8H2,1H3,(H2,17,19). The van der Waals surface area contributed by atoms with E-state index in [1.54, 1.807) is 19.2 Å². The van der Waals surface area contributed by atoms with E-state index >= 15 is 0 Å². The first-order valence-electron chi connectivity index (χ1n) is 6.75. The van der Waals surface area contributed by atoms with Crippen LogP contribution in [-0.2, 0) is 4.79 Å². The summed E-state index contributed by atoms with van der Waals surface area (Å²) in [6.45, 7) is 1.67. The van der Waals surface area contributed by atoms with Gasteiger partial charge in [-0.1, -0.05) is 0 Å². The number of rotatable bonds is 4. The van der Waals surface area contributed by atoms with Crippen molar-refractivity contribution in [3.8, 4) is 11.8 Å². The van der Waals surface area contributed by atoms with Crippen LogP contribution in [0.5, 0.6) is 5.75 Å². The van der Waals surface area contributed by atoms with Gasteiger partial charge in [-0.25, -0.2) is 0 Å². The molecule has 5 heteroatoms. The first kappa shape index (κ1) is 14.2. The van der Waals surface area contributed by atoms with Crippen LogP contribution < -0.4 is 15.4 Å². The molecular formula is C15H19N3O2. The summed E-state index contributed by atoms with van der Waals surface area (Å²) in [7, 11) is 1.62. The zero-order valence-corrected chi connectivity index (χ0v) is 11.6. The molecule has 0 atom stereocenters. The van der Waals surface area contributed by atoms with Crippen LogP contribution >= 0.6 is 0 Å². The van der Waals surface area contributed by atoms with Crippen molar-refractivity contribution in [3.05, 3.63) is 23.8 Å². The summed E-state index contributed by atoms with van der Waals surface area (Å²) in [5.41, 5.74) is 6.80. The van der Waals surface area contributed by atoms with E-state index in [0.717, 1.165) is 37.4 Å². The van der Waals surface area contributed by atoms with Crippen LogP contribution in [0.4, 0.5) is 5.69 Å². The van der Waals surface area contributed by atoms with Crippen LogP contribution in [0.25, 0.3) is 0 Å². The Kier molecular flexibility index (Phi) is 4.46. The van der Waals surface area contributed by atoms with Crippen LogP contribution in [0.2, 0.25) is 0 Å². The third kappa shape index (κ3) is 3.21. The van der Waals surface area contributed by atoms with Gasteiger partial charge < -0.3 is 15.4 Å². The molecule has 1 aromatic rings. The zero-order chi connectivity index (χ0) is 14.5. The van der Waals surface area contributed by atoms with Crippen molar-refractivity contribution in [1.29, 1.82) is 5.26 Å². The van der Waals surface area contributed by atoms with E-state index in [0.29, 0.717) is 17.9 Å². The first-order chi connectivity index (χ1) is 9.63. The molecule has 0 saturated carbocycles. The van der Waals surface area contributed by atoms with Gasteiger partial charge >= 0.3 is 0 Å². The minimum Gasteiger partial charge on any atom is -0.497 e. The van der Waals surface area contributed by atoms with Crippen LogP contribution in [0, 0.1) is 17.2 Å². The number of ether oxygens (including phenoxy) is 1. The van der Waals surface area contributed by atoms with E-state index in [1.165, 1.54) is 0 Å². The SMILES string of the molecule is COc1ccc(C#N)c(N2CCC(CC(N)=O)CC2)c1. The molecule has 1 aromatic carbocycles. The van der Waals surface area contributed by atoms with Crippen molar-refractivity contribution in [1.82, 2.24) is 0 Å². The average Bonchev–Trinajstić information content (AvgIpc) is 2.46. The minimum absolute atomic E-state index is 0.234. The van der Waals surface area contributed by atoms with Crippen LogP contribution in [0.3, 0.4) is 0 Å². The van der Waals surface area contributed by atoms with Crippen molar-refractivity contribution in [2.24, 2.45) is 11.7 Å². The molecule has 2 rings (SSSR count). The van der Waals surface area contributed by atoms with Crippen molar-refractivity contribution < 1.29 is 9.53 Å². The van der Waals surface area contributed by atoms with Gasteiger partial charge in [-0.15, -0.1) is 0 Å². The molecule has 0 spiro atoms. The van der Waals surface area contributed by atoms with E-state index < -0.39 is 0 Å². The average molecular weight is 273 g/mol. The first-order valence-corrected chi connectivity index (χ1v) is 6.75. The lowest BCUT2D eigenvalue weighted by atomic mass is 9.92. The highest BCUT2D eigenvalue weighted by Gasteiger charge is 2.22. The normalized spacial score (nSPS) is 15.7. The van der Waals surface area contributed by atoms with E-state index in [-0.39, 0.29) is 5.91 Å². The number of nitrogens with zero attached hydrogens (tertiary/aromatic N) is 2. The molecular weight excluding hydrogens is 254 g/mol. The highest BCUT2D eigenvalue weighted by atomic mass is 16.5. The molecule has 2 N–H and O–H groups in total. The molecule has 0 aliphatic carbocycles. The predicted octanol–water partition coefficient (Wildman–Crippen LogP) is 1.66. The largest absolute Gasteiger partial charge is 0.497 e. The number of methoxy groups -OCH3 is 1. The third-order valence-corrected chi connectivity index (χ3v) is 3.77. The van der Waals surface area contributed by atoms with Gasteiger partial charge in [-0.05, 0) is 30.9 Å². The Morgan fingerprint density at radius 3 is 2.75 bits per heavy atom. The molecule has 0 unspecified atom stereocenters. The number of benzene rings is 1. The Morgan fingerprint density at radius 2 is 2.20 bits per heavy atom. The summed E-state index contributed by atoms with van der Waals surface area (Å²) < 4.78 is 5.22. The second-order valence-corrected chi connectivity index (χ2v) is 5.10. The summed E-state index contributed by atoms with van der Waals surface area (Å²) in [4.78, 5) is 13.1. The molecule has 0 radical (unpaired) electrons. The molecule has 1 amide bonds. The maximum absolute atomic E-state index is 11.0. The molecule has 1 aliphatic heterocycles. The lowest BCUT2D eigenvalue weighted by Crippen LogP contribution is -2.35. The Morgan fingerprint density at radius 1 is 1.50 bits per heavy atom. The quantitative estimate of drug-likeness (QED) is 0.904. The Hall–Kier alpha value is -2.22. The molecule has 1 saturated heterocycles. The van der Waals surface area contributed by atoms with Crippen molar-refractivity contribution in [2.75, 3.05) is 25.1 Å². The fraction of sp³-hybridized carbons (Fsp3) is 0.467. The zero-order valence-electron chi connectivity index (χ0n) is 11.6.